The van der Waals surface area contributed by atoms with E-state index in [2.05, 4.69) is 24.9 Å². The summed E-state index contributed by atoms with van der Waals surface area (Å²) in [7, 11) is 1.71. The van der Waals surface area contributed by atoms with Crippen molar-refractivity contribution in [1.29, 1.82) is 0 Å². The molecule has 0 aromatic heterocycles. The Morgan fingerprint density at radius 3 is 2.26 bits per heavy atom. The van der Waals surface area contributed by atoms with Gasteiger partial charge in [0.2, 0.25) is 5.79 Å². The first-order valence-corrected chi connectivity index (χ1v) is 24.6. The maximum atomic E-state index is 14.2. The summed E-state index contributed by atoms with van der Waals surface area (Å²) in [6.45, 7) is 13.0. The number of benzene rings is 2. The first kappa shape index (κ1) is 51.6. The van der Waals surface area contributed by atoms with E-state index in [1.54, 1.807) is 24.1 Å². The minimum absolute atomic E-state index is 0.0163. The SMILES string of the molecule is C=CCOC12Oc3ccc(OC(=O)NCCCCCCCCCCCC)cc3C3C(CCCCO)C(CCCCO)C=C(C(=NOC(C)(C)C)CC1N(C)C(=O)OCc1ccccc1)C32. The fourth-order valence-corrected chi connectivity index (χ4v) is 9.88. The molecule has 0 spiro atoms. The molecule has 5 rings (SSSR count). The van der Waals surface area contributed by atoms with Crippen LogP contribution in [0.5, 0.6) is 11.5 Å². The number of rotatable bonds is 27. The topological polar surface area (TPSA) is 148 Å². The van der Waals surface area contributed by atoms with Gasteiger partial charge in [0, 0.05) is 44.7 Å². The highest BCUT2D eigenvalue weighted by molar-refractivity contribution is 6.03. The number of unbranched alkanes of at least 4 members (excludes halogenated alkanes) is 11. The number of ether oxygens (including phenoxy) is 4. The summed E-state index contributed by atoms with van der Waals surface area (Å²) in [6.07, 6.45) is 19.8. The fraction of sp³-hybridized carbons (Fsp3) is 0.642. The van der Waals surface area contributed by atoms with Crippen molar-refractivity contribution in [3.63, 3.8) is 0 Å². The zero-order chi connectivity index (χ0) is 46.7. The molecule has 1 saturated carbocycles. The molecule has 1 heterocycles. The maximum Gasteiger partial charge on any atom is 0.412 e. The van der Waals surface area contributed by atoms with E-state index in [0.717, 1.165) is 61.6 Å². The lowest BCUT2D eigenvalue weighted by molar-refractivity contribution is -0.253. The van der Waals surface area contributed by atoms with Crippen LogP contribution in [0.4, 0.5) is 9.59 Å². The number of aliphatic hydroxyl groups is 2. The van der Waals surface area contributed by atoms with Gasteiger partial charge in [0.05, 0.1) is 18.2 Å². The number of nitrogens with zero attached hydrogens (tertiary/aromatic N) is 2. The van der Waals surface area contributed by atoms with Crippen LogP contribution in [0.3, 0.4) is 0 Å². The van der Waals surface area contributed by atoms with Crippen molar-refractivity contribution in [2.75, 3.05) is 33.4 Å². The van der Waals surface area contributed by atoms with Gasteiger partial charge in [-0.2, -0.15) is 0 Å². The smallest absolute Gasteiger partial charge is 0.412 e. The third-order valence-corrected chi connectivity index (χ3v) is 13.0. The Hall–Kier alpha value is -4.39. The zero-order valence-electron chi connectivity index (χ0n) is 40.1. The monoisotopic (exact) mass is 902 g/mol. The van der Waals surface area contributed by atoms with Crippen LogP contribution in [-0.2, 0) is 20.9 Å². The van der Waals surface area contributed by atoms with E-state index < -0.39 is 35.5 Å². The molecule has 0 bridgehead atoms. The van der Waals surface area contributed by atoms with E-state index >= 15 is 0 Å². The van der Waals surface area contributed by atoms with Crippen molar-refractivity contribution < 1.29 is 43.6 Å². The van der Waals surface area contributed by atoms with Crippen LogP contribution in [0.2, 0.25) is 0 Å². The predicted molar refractivity (Wildman–Crippen MR) is 256 cm³/mol. The molecule has 0 saturated heterocycles. The average Bonchev–Trinajstić information content (AvgIpc) is 3.29. The molecule has 3 aliphatic rings. The molecule has 2 aromatic rings. The summed E-state index contributed by atoms with van der Waals surface area (Å²) in [5.41, 5.74) is 2.73. The van der Waals surface area contributed by atoms with Gasteiger partial charge < -0.3 is 44.2 Å². The number of likely N-dealkylation sites (N-methyl/N-ethyl adjacent to an activating group) is 1. The molecule has 1 aliphatic heterocycles. The number of carbonyl (C=O) groups excluding carboxylic acids is 2. The lowest BCUT2D eigenvalue weighted by Crippen LogP contribution is -2.69. The standard InChI is InChI=1S/C53H79N3O9/c1-7-9-10-11-12-13-14-15-16-22-31-54-50(59)63-41-29-30-46-44(36-41)48-42(28-21-24-33-58)40(27-20-23-32-57)35-43-45(55-65-52(3,4)5)37-47(53(64-46,49(43)48)62-34-8-2)56(6)51(60)61-38-39-25-18-17-19-26-39/h8,17-19,25-26,29-30,35-36,40,42,47-49,57-58H,2,7,9-16,20-24,27-28,31-34,37-38H2,1,3-6H3,(H,54,59). The Kier molecular flexibility index (Phi) is 20.7. The third-order valence-electron chi connectivity index (χ3n) is 13.0. The molecule has 2 aromatic carbocycles. The Bertz CT molecular complexity index is 1840. The van der Waals surface area contributed by atoms with Crippen molar-refractivity contribution >= 4 is 17.9 Å². The van der Waals surface area contributed by atoms with E-state index in [-0.39, 0.29) is 50.6 Å². The first-order valence-electron chi connectivity index (χ1n) is 24.6. The van der Waals surface area contributed by atoms with Gasteiger partial charge in [-0.25, -0.2) is 9.59 Å². The number of carbonyl (C=O) groups is 2. The molecular weight excluding hydrogens is 823 g/mol. The normalized spacial score (nSPS) is 22.8. The van der Waals surface area contributed by atoms with Gasteiger partial charge in [0.1, 0.15) is 29.7 Å². The first-order chi connectivity index (χ1) is 31.5. The number of fused-ring (bicyclic) bond motifs is 2. The highest BCUT2D eigenvalue weighted by Gasteiger charge is 2.65. The molecular formula is C53H79N3O9. The van der Waals surface area contributed by atoms with Crippen LogP contribution >= 0.6 is 0 Å². The number of nitrogens with one attached hydrogen (secondary N) is 1. The van der Waals surface area contributed by atoms with Crippen LogP contribution in [0.25, 0.3) is 0 Å². The van der Waals surface area contributed by atoms with Gasteiger partial charge in [-0.1, -0.05) is 125 Å². The maximum absolute atomic E-state index is 14.2. The van der Waals surface area contributed by atoms with E-state index in [1.165, 1.54) is 44.9 Å². The van der Waals surface area contributed by atoms with Crippen molar-refractivity contribution in [3.8, 4) is 11.5 Å². The van der Waals surface area contributed by atoms with Crippen LogP contribution in [0.1, 0.15) is 154 Å². The van der Waals surface area contributed by atoms with Crippen LogP contribution in [-0.4, -0.2) is 83.9 Å². The summed E-state index contributed by atoms with van der Waals surface area (Å²) in [6, 6.07) is 14.3. The number of oxime groups is 1. The fourth-order valence-electron chi connectivity index (χ4n) is 9.88. The lowest BCUT2D eigenvalue weighted by atomic mass is 9.55. The molecule has 12 heteroatoms. The highest BCUT2D eigenvalue weighted by Crippen LogP contribution is 2.62. The molecule has 3 N–H and O–H groups in total. The quantitative estimate of drug-likeness (QED) is 0.0453. The van der Waals surface area contributed by atoms with E-state index in [1.807, 2.05) is 63.2 Å². The van der Waals surface area contributed by atoms with Gasteiger partial charge in [-0.15, -0.1) is 6.58 Å². The molecule has 12 nitrogen and oxygen atoms in total. The molecule has 0 radical (unpaired) electrons. The van der Waals surface area contributed by atoms with Crippen molar-refractivity contribution in [1.82, 2.24) is 10.2 Å². The summed E-state index contributed by atoms with van der Waals surface area (Å²) in [4.78, 5) is 35.2. The molecule has 1 fully saturated rings. The summed E-state index contributed by atoms with van der Waals surface area (Å²) in [5, 5.41) is 27.7. The predicted octanol–water partition coefficient (Wildman–Crippen LogP) is 11.4. The Morgan fingerprint density at radius 1 is 0.923 bits per heavy atom. The number of hydrogen-bond acceptors (Lipinski definition) is 10. The summed E-state index contributed by atoms with van der Waals surface area (Å²) >= 11 is 0. The number of allylic oxidation sites excluding steroid dienone is 1. The second kappa shape index (κ2) is 26.1. The van der Waals surface area contributed by atoms with Crippen molar-refractivity contribution in [2.45, 2.75) is 167 Å². The molecule has 65 heavy (non-hydrogen) atoms. The molecule has 2 amide bonds. The Balaban J connectivity index is 1.52. The number of hydrogen-bond donors (Lipinski definition) is 3. The second-order valence-corrected chi connectivity index (χ2v) is 19.1. The molecule has 2 aliphatic carbocycles. The molecule has 360 valence electrons. The van der Waals surface area contributed by atoms with E-state index in [4.69, 9.17) is 28.9 Å². The zero-order valence-corrected chi connectivity index (χ0v) is 40.1. The van der Waals surface area contributed by atoms with Crippen LogP contribution in [0, 0.1) is 17.8 Å². The summed E-state index contributed by atoms with van der Waals surface area (Å²) in [5.74, 6) is -1.17. The third kappa shape index (κ3) is 14.5. The molecule has 6 atom stereocenters. The lowest BCUT2D eigenvalue weighted by Gasteiger charge is -2.59. The average molecular weight is 902 g/mol. The Morgan fingerprint density at radius 2 is 1.60 bits per heavy atom. The van der Waals surface area contributed by atoms with Gasteiger partial charge in [-0.3, -0.25) is 0 Å². The molecule has 6 unspecified atom stereocenters. The van der Waals surface area contributed by atoms with Gasteiger partial charge in [0.15, 0.2) is 0 Å². The van der Waals surface area contributed by atoms with E-state index in [9.17, 15) is 19.8 Å². The van der Waals surface area contributed by atoms with Crippen molar-refractivity contribution in [2.24, 2.45) is 22.9 Å². The minimum Gasteiger partial charge on any atom is -0.459 e. The second-order valence-electron chi connectivity index (χ2n) is 19.1. The van der Waals surface area contributed by atoms with Crippen LogP contribution < -0.4 is 14.8 Å². The summed E-state index contributed by atoms with van der Waals surface area (Å²) < 4.78 is 26.1. The number of aliphatic hydroxyl groups excluding tert-OH is 2. The minimum atomic E-state index is -1.43. The van der Waals surface area contributed by atoms with E-state index in [0.29, 0.717) is 36.6 Å². The Labute approximate surface area is 389 Å². The van der Waals surface area contributed by atoms with Crippen LogP contribution in [0.15, 0.2) is 78.0 Å². The number of amides is 2. The van der Waals surface area contributed by atoms with Crippen molar-refractivity contribution in [3.05, 3.63) is 84.0 Å². The van der Waals surface area contributed by atoms with Gasteiger partial charge in [-0.05, 0) is 94.0 Å². The van der Waals surface area contributed by atoms with Gasteiger partial charge in [0.25, 0.3) is 0 Å². The van der Waals surface area contributed by atoms with Gasteiger partial charge >= 0.3 is 12.2 Å². The highest BCUT2D eigenvalue weighted by atomic mass is 16.7. The largest absolute Gasteiger partial charge is 0.459 e.